The molecule has 1 heteroatoms. The average molecular weight is 206 g/mol. The third-order valence-electron chi connectivity index (χ3n) is 2.78. The van der Waals surface area contributed by atoms with Crippen LogP contribution in [0.1, 0.15) is 45.6 Å². The van der Waals surface area contributed by atoms with Crippen molar-refractivity contribution < 1.29 is 4.74 Å². The molecule has 1 aromatic rings. The normalized spacial score (nSPS) is 12.9. The topological polar surface area (TPSA) is 9.23 Å². The van der Waals surface area contributed by atoms with Crippen molar-refractivity contribution in [3.05, 3.63) is 29.8 Å². The maximum atomic E-state index is 5.69. The van der Waals surface area contributed by atoms with Gasteiger partial charge in [0.05, 0.1) is 6.61 Å². The van der Waals surface area contributed by atoms with Crippen molar-refractivity contribution in [3.8, 4) is 5.75 Å². The van der Waals surface area contributed by atoms with Crippen LogP contribution in [-0.4, -0.2) is 6.61 Å². The second-order valence-corrected chi connectivity index (χ2v) is 4.55. The molecule has 0 amide bonds. The first-order valence-corrected chi connectivity index (χ1v) is 5.86. The molecule has 0 saturated heterocycles. The first-order valence-electron chi connectivity index (χ1n) is 5.86. The van der Waals surface area contributed by atoms with Gasteiger partial charge in [0, 0.05) is 0 Å². The van der Waals surface area contributed by atoms with Gasteiger partial charge in [-0.05, 0) is 29.5 Å². The summed E-state index contributed by atoms with van der Waals surface area (Å²) in [7, 11) is 0. The van der Waals surface area contributed by atoms with E-state index < -0.39 is 0 Å². The van der Waals surface area contributed by atoms with Crippen LogP contribution in [0.15, 0.2) is 24.3 Å². The quantitative estimate of drug-likeness (QED) is 0.700. The molecule has 0 saturated carbocycles. The van der Waals surface area contributed by atoms with E-state index in [0.29, 0.717) is 11.8 Å². The maximum absolute atomic E-state index is 5.69. The highest BCUT2D eigenvalue weighted by atomic mass is 16.5. The summed E-state index contributed by atoms with van der Waals surface area (Å²) in [5.41, 5.74) is 1.37. The molecule has 1 rings (SSSR count). The molecule has 0 aliphatic heterocycles. The van der Waals surface area contributed by atoms with E-state index in [4.69, 9.17) is 4.74 Å². The first-order chi connectivity index (χ1) is 7.13. The summed E-state index contributed by atoms with van der Waals surface area (Å²) in [6.07, 6.45) is 1.17. The first kappa shape index (κ1) is 12.1. The summed E-state index contributed by atoms with van der Waals surface area (Å²) < 4.78 is 5.69. The van der Waals surface area contributed by atoms with E-state index in [1.165, 1.54) is 12.0 Å². The predicted molar refractivity (Wildman–Crippen MR) is 65.5 cm³/mol. The van der Waals surface area contributed by atoms with E-state index >= 15 is 0 Å². The standard InChI is InChI=1S/C14H22O/c1-5-12(4)10-15-14-8-6-13(7-9-14)11(2)3/h6-9,11-12H,5,10H2,1-4H3. The smallest absolute Gasteiger partial charge is 0.119 e. The van der Waals surface area contributed by atoms with Gasteiger partial charge in [0.2, 0.25) is 0 Å². The van der Waals surface area contributed by atoms with Gasteiger partial charge in [-0.25, -0.2) is 0 Å². The third-order valence-corrected chi connectivity index (χ3v) is 2.78. The molecule has 1 nitrogen and oxygen atoms in total. The molecule has 0 aliphatic carbocycles. The van der Waals surface area contributed by atoms with Crippen LogP contribution in [-0.2, 0) is 0 Å². The Kier molecular flexibility index (Phi) is 4.67. The molecule has 1 aromatic carbocycles. The molecule has 0 heterocycles. The highest BCUT2D eigenvalue weighted by molar-refractivity contribution is 5.28. The SMILES string of the molecule is CCC(C)COc1ccc(C(C)C)cc1. The van der Waals surface area contributed by atoms with Crippen molar-refractivity contribution in [1.82, 2.24) is 0 Å². The summed E-state index contributed by atoms with van der Waals surface area (Å²) in [5, 5.41) is 0. The molecule has 0 bridgehead atoms. The number of hydrogen-bond donors (Lipinski definition) is 0. The minimum atomic E-state index is 0.591. The number of hydrogen-bond acceptors (Lipinski definition) is 1. The fourth-order valence-corrected chi connectivity index (χ4v) is 1.31. The second kappa shape index (κ2) is 5.79. The Hall–Kier alpha value is -0.980. The molecular formula is C14H22O. The Labute approximate surface area is 93.5 Å². The van der Waals surface area contributed by atoms with E-state index in [1.807, 2.05) is 0 Å². The average Bonchev–Trinajstić information content (AvgIpc) is 2.26. The van der Waals surface area contributed by atoms with Gasteiger partial charge in [-0.15, -0.1) is 0 Å². The summed E-state index contributed by atoms with van der Waals surface area (Å²) >= 11 is 0. The maximum Gasteiger partial charge on any atom is 0.119 e. The highest BCUT2D eigenvalue weighted by Crippen LogP contribution is 2.19. The number of rotatable bonds is 5. The number of ether oxygens (including phenoxy) is 1. The van der Waals surface area contributed by atoms with Crippen LogP contribution >= 0.6 is 0 Å². The van der Waals surface area contributed by atoms with E-state index in [-0.39, 0.29) is 0 Å². The Morgan fingerprint density at radius 2 is 1.67 bits per heavy atom. The monoisotopic (exact) mass is 206 g/mol. The zero-order valence-electron chi connectivity index (χ0n) is 10.3. The lowest BCUT2D eigenvalue weighted by Gasteiger charge is -2.12. The highest BCUT2D eigenvalue weighted by Gasteiger charge is 2.01. The third kappa shape index (κ3) is 3.94. The van der Waals surface area contributed by atoms with Crippen molar-refractivity contribution in [2.75, 3.05) is 6.61 Å². The Morgan fingerprint density at radius 1 is 1.07 bits per heavy atom. The van der Waals surface area contributed by atoms with E-state index in [0.717, 1.165) is 12.4 Å². The van der Waals surface area contributed by atoms with E-state index in [9.17, 15) is 0 Å². The Balaban J connectivity index is 2.50. The minimum absolute atomic E-state index is 0.591. The van der Waals surface area contributed by atoms with Crippen LogP contribution in [0, 0.1) is 5.92 Å². The molecule has 0 N–H and O–H groups in total. The van der Waals surface area contributed by atoms with Crippen molar-refractivity contribution in [2.45, 2.75) is 40.0 Å². The summed E-state index contributed by atoms with van der Waals surface area (Å²) in [5.74, 6) is 2.21. The molecular weight excluding hydrogens is 184 g/mol. The van der Waals surface area contributed by atoms with Crippen molar-refractivity contribution in [2.24, 2.45) is 5.92 Å². The fourth-order valence-electron chi connectivity index (χ4n) is 1.31. The largest absolute Gasteiger partial charge is 0.493 e. The summed E-state index contributed by atoms with van der Waals surface area (Å²) in [6, 6.07) is 8.43. The molecule has 15 heavy (non-hydrogen) atoms. The molecule has 0 spiro atoms. The second-order valence-electron chi connectivity index (χ2n) is 4.55. The lowest BCUT2D eigenvalue weighted by atomic mass is 10.0. The molecule has 0 radical (unpaired) electrons. The van der Waals surface area contributed by atoms with E-state index in [1.54, 1.807) is 0 Å². The van der Waals surface area contributed by atoms with Crippen LogP contribution in [0.3, 0.4) is 0 Å². The molecule has 1 atom stereocenters. The van der Waals surface area contributed by atoms with Crippen molar-refractivity contribution in [1.29, 1.82) is 0 Å². The Bertz CT molecular complexity index is 274. The zero-order valence-corrected chi connectivity index (χ0v) is 10.3. The predicted octanol–water partition coefficient (Wildman–Crippen LogP) is 4.23. The van der Waals surface area contributed by atoms with Gasteiger partial charge in [-0.3, -0.25) is 0 Å². The van der Waals surface area contributed by atoms with Crippen LogP contribution in [0.2, 0.25) is 0 Å². The Morgan fingerprint density at radius 3 is 2.13 bits per heavy atom. The van der Waals surface area contributed by atoms with Gasteiger partial charge in [0.25, 0.3) is 0 Å². The lowest BCUT2D eigenvalue weighted by Crippen LogP contribution is -2.07. The summed E-state index contributed by atoms with van der Waals surface area (Å²) in [4.78, 5) is 0. The van der Waals surface area contributed by atoms with Gasteiger partial charge in [-0.2, -0.15) is 0 Å². The van der Waals surface area contributed by atoms with Crippen LogP contribution < -0.4 is 4.74 Å². The molecule has 84 valence electrons. The van der Waals surface area contributed by atoms with Crippen LogP contribution in [0.5, 0.6) is 5.75 Å². The van der Waals surface area contributed by atoms with Gasteiger partial charge in [0.15, 0.2) is 0 Å². The van der Waals surface area contributed by atoms with E-state index in [2.05, 4.69) is 52.0 Å². The summed E-state index contributed by atoms with van der Waals surface area (Å²) in [6.45, 7) is 9.62. The van der Waals surface area contributed by atoms with Crippen LogP contribution in [0.4, 0.5) is 0 Å². The fraction of sp³-hybridized carbons (Fsp3) is 0.571. The van der Waals surface area contributed by atoms with Crippen molar-refractivity contribution in [3.63, 3.8) is 0 Å². The zero-order chi connectivity index (χ0) is 11.3. The lowest BCUT2D eigenvalue weighted by molar-refractivity contribution is 0.256. The molecule has 0 fully saturated rings. The van der Waals surface area contributed by atoms with Gasteiger partial charge in [-0.1, -0.05) is 46.2 Å². The number of benzene rings is 1. The van der Waals surface area contributed by atoms with Gasteiger partial charge in [0.1, 0.15) is 5.75 Å². The van der Waals surface area contributed by atoms with Gasteiger partial charge >= 0.3 is 0 Å². The molecule has 0 aromatic heterocycles. The molecule has 1 unspecified atom stereocenters. The van der Waals surface area contributed by atoms with Crippen molar-refractivity contribution >= 4 is 0 Å². The van der Waals surface area contributed by atoms with Crippen LogP contribution in [0.25, 0.3) is 0 Å². The molecule has 0 aliphatic rings. The van der Waals surface area contributed by atoms with Gasteiger partial charge < -0.3 is 4.74 Å². The minimum Gasteiger partial charge on any atom is -0.493 e.